The van der Waals surface area contributed by atoms with Crippen molar-refractivity contribution in [3.63, 3.8) is 0 Å². The van der Waals surface area contributed by atoms with Gasteiger partial charge in [-0.15, -0.1) is 0 Å². The van der Waals surface area contributed by atoms with E-state index in [9.17, 15) is 4.79 Å². The second-order valence-corrected chi connectivity index (χ2v) is 4.99. The lowest BCUT2D eigenvalue weighted by molar-refractivity contribution is -0.121. The van der Waals surface area contributed by atoms with E-state index < -0.39 is 0 Å². The molecular weight excluding hydrogens is 266 g/mol. The number of hydrogen-bond donors (Lipinski definition) is 1. The summed E-state index contributed by atoms with van der Waals surface area (Å²) in [5, 5.41) is 2.88. The summed E-state index contributed by atoms with van der Waals surface area (Å²) in [7, 11) is 0. The molecule has 3 rings (SSSR count). The first-order valence-corrected chi connectivity index (χ1v) is 7.09. The second kappa shape index (κ2) is 5.91. The first kappa shape index (κ1) is 13.5. The average Bonchev–Trinajstić information content (AvgIpc) is 2.96. The number of amides is 1. The van der Waals surface area contributed by atoms with Gasteiger partial charge in [-0.3, -0.25) is 14.8 Å². The molecular formula is C16H17N3O2. The van der Waals surface area contributed by atoms with E-state index in [0.717, 1.165) is 29.0 Å². The van der Waals surface area contributed by atoms with Gasteiger partial charge in [0.15, 0.2) is 0 Å². The molecule has 0 spiro atoms. The van der Waals surface area contributed by atoms with E-state index in [1.54, 1.807) is 18.6 Å². The highest BCUT2D eigenvalue weighted by Gasteiger charge is 2.26. The molecule has 2 heterocycles. The fourth-order valence-electron chi connectivity index (χ4n) is 2.44. The molecule has 0 bridgehead atoms. The van der Waals surface area contributed by atoms with Gasteiger partial charge in [-0.05, 0) is 11.6 Å². The van der Waals surface area contributed by atoms with E-state index in [1.165, 1.54) is 0 Å². The van der Waals surface area contributed by atoms with Crippen LogP contribution in [-0.4, -0.2) is 28.5 Å². The summed E-state index contributed by atoms with van der Waals surface area (Å²) in [5.74, 6) is 0.900. The van der Waals surface area contributed by atoms with E-state index in [-0.39, 0.29) is 12.0 Å². The lowest BCUT2D eigenvalue weighted by Crippen LogP contribution is -2.33. The number of rotatable bonds is 4. The number of benzene rings is 1. The molecule has 108 valence electrons. The Balaban J connectivity index is 1.79. The van der Waals surface area contributed by atoms with Gasteiger partial charge in [-0.25, -0.2) is 0 Å². The van der Waals surface area contributed by atoms with Crippen LogP contribution < -0.4 is 10.1 Å². The van der Waals surface area contributed by atoms with Crippen LogP contribution in [-0.2, 0) is 11.2 Å². The Labute approximate surface area is 123 Å². The van der Waals surface area contributed by atoms with Gasteiger partial charge in [0.1, 0.15) is 11.9 Å². The Bertz CT molecular complexity index is 643. The highest BCUT2D eigenvalue weighted by atomic mass is 16.5. The lowest BCUT2D eigenvalue weighted by atomic mass is 10.0. The maximum atomic E-state index is 11.3. The van der Waals surface area contributed by atoms with Gasteiger partial charge < -0.3 is 10.1 Å². The molecule has 0 fully saturated rings. The normalized spacial score (nSPS) is 16.1. The molecule has 0 aliphatic carbocycles. The molecule has 1 aromatic carbocycles. The number of nitrogens with one attached hydrogen (secondary N) is 1. The average molecular weight is 283 g/mol. The maximum absolute atomic E-state index is 11.3. The van der Waals surface area contributed by atoms with Gasteiger partial charge in [0, 0.05) is 30.8 Å². The summed E-state index contributed by atoms with van der Waals surface area (Å²) < 4.78 is 6.00. The first-order valence-electron chi connectivity index (χ1n) is 7.09. The number of hydrogen-bond acceptors (Lipinski definition) is 4. The predicted molar refractivity (Wildman–Crippen MR) is 78.9 cm³/mol. The van der Waals surface area contributed by atoms with E-state index in [4.69, 9.17) is 4.74 Å². The van der Waals surface area contributed by atoms with Crippen molar-refractivity contribution in [2.45, 2.75) is 25.9 Å². The van der Waals surface area contributed by atoms with Gasteiger partial charge in [-0.2, -0.15) is 0 Å². The highest BCUT2D eigenvalue weighted by Crippen LogP contribution is 2.37. The monoisotopic (exact) mass is 283 g/mol. The predicted octanol–water partition coefficient (Wildman–Crippen LogP) is 1.97. The van der Waals surface area contributed by atoms with Crippen LogP contribution in [0.25, 0.3) is 11.3 Å². The molecule has 21 heavy (non-hydrogen) atoms. The van der Waals surface area contributed by atoms with Crippen molar-refractivity contribution in [3.05, 3.63) is 42.4 Å². The molecule has 0 saturated heterocycles. The Morgan fingerprint density at radius 1 is 1.43 bits per heavy atom. The van der Waals surface area contributed by atoms with Crippen LogP contribution in [0.15, 0.2) is 36.8 Å². The van der Waals surface area contributed by atoms with Crippen LogP contribution in [0, 0.1) is 0 Å². The number of para-hydroxylation sites is 1. The molecule has 1 amide bonds. The smallest absolute Gasteiger partial charge is 0.219 e. The molecule has 1 aliphatic rings. The van der Waals surface area contributed by atoms with Gasteiger partial charge >= 0.3 is 0 Å². The van der Waals surface area contributed by atoms with Crippen LogP contribution in [0.3, 0.4) is 0 Å². The van der Waals surface area contributed by atoms with Crippen molar-refractivity contribution in [3.8, 4) is 17.0 Å². The highest BCUT2D eigenvalue weighted by molar-refractivity contribution is 5.75. The Morgan fingerprint density at radius 2 is 2.33 bits per heavy atom. The number of fused-ring (bicyclic) bond motifs is 1. The minimum absolute atomic E-state index is 0.0201. The first-order chi connectivity index (χ1) is 10.3. The Hall–Kier alpha value is -2.43. The van der Waals surface area contributed by atoms with E-state index in [2.05, 4.69) is 21.4 Å². The third-order valence-corrected chi connectivity index (χ3v) is 3.52. The largest absolute Gasteiger partial charge is 0.487 e. The maximum Gasteiger partial charge on any atom is 0.219 e. The van der Waals surface area contributed by atoms with Crippen LogP contribution in [0.4, 0.5) is 0 Å². The van der Waals surface area contributed by atoms with Gasteiger partial charge in [0.25, 0.3) is 0 Å². The zero-order chi connectivity index (χ0) is 14.7. The van der Waals surface area contributed by atoms with E-state index >= 15 is 0 Å². The van der Waals surface area contributed by atoms with Crippen LogP contribution in [0.2, 0.25) is 0 Å². The molecule has 0 unspecified atom stereocenters. The molecule has 5 heteroatoms. The molecule has 5 nitrogen and oxygen atoms in total. The van der Waals surface area contributed by atoms with E-state index in [0.29, 0.717) is 13.0 Å². The number of aromatic nitrogens is 2. The lowest BCUT2D eigenvalue weighted by Gasteiger charge is -2.12. The molecule has 0 radical (unpaired) electrons. The van der Waals surface area contributed by atoms with Gasteiger partial charge in [0.2, 0.25) is 5.91 Å². The zero-order valence-electron chi connectivity index (χ0n) is 11.9. The third-order valence-electron chi connectivity index (χ3n) is 3.52. The van der Waals surface area contributed by atoms with Crippen molar-refractivity contribution in [1.82, 2.24) is 15.3 Å². The molecule has 0 saturated carbocycles. The number of ether oxygens (including phenoxy) is 1. The fourth-order valence-corrected chi connectivity index (χ4v) is 2.44. The third kappa shape index (κ3) is 2.86. The van der Waals surface area contributed by atoms with Gasteiger partial charge in [0.05, 0.1) is 18.4 Å². The fraction of sp³-hybridized carbons (Fsp3) is 0.312. The zero-order valence-corrected chi connectivity index (χ0v) is 11.9. The van der Waals surface area contributed by atoms with Crippen molar-refractivity contribution in [2.75, 3.05) is 6.54 Å². The number of carbonyl (C=O) groups excluding carboxylic acids is 1. The van der Waals surface area contributed by atoms with Crippen LogP contribution in [0.5, 0.6) is 5.75 Å². The topological polar surface area (TPSA) is 64.1 Å². The summed E-state index contributed by atoms with van der Waals surface area (Å²) in [4.78, 5) is 19.8. The quantitative estimate of drug-likeness (QED) is 0.931. The molecule has 1 N–H and O–H groups in total. The molecule has 2 aromatic rings. The molecule has 1 atom stereocenters. The van der Waals surface area contributed by atoms with E-state index in [1.807, 2.05) is 19.1 Å². The minimum atomic E-state index is -0.0201. The van der Waals surface area contributed by atoms with Gasteiger partial charge in [-0.1, -0.05) is 19.1 Å². The molecule has 1 aliphatic heterocycles. The summed E-state index contributed by atoms with van der Waals surface area (Å²) >= 11 is 0. The number of nitrogens with zero attached hydrogens (tertiary/aromatic N) is 2. The summed E-state index contributed by atoms with van der Waals surface area (Å²) in [6, 6.07) is 6.03. The van der Waals surface area contributed by atoms with Crippen LogP contribution >= 0.6 is 0 Å². The van der Waals surface area contributed by atoms with Crippen LogP contribution in [0.1, 0.15) is 18.9 Å². The summed E-state index contributed by atoms with van der Waals surface area (Å²) in [6.45, 7) is 2.37. The second-order valence-electron chi connectivity index (χ2n) is 4.99. The molecule has 1 aromatic heterocycles. The number of carbonyl (C=O) groups is 1. The Morgan fingerprint density at radius 3 is 3.10 bits per heavy atom. The Kier molecular flexibility index (Phi) is 3.81. The summed E-state index contributed by atoms with van der Waals surface area (Å²) in [6.07, 6.45) is 6.32. The SMILES string of the molecule is CCC(=O)NC[C@@H]1Cc2cccc(-c3cnccn3)c2O1. The summed E-state index contributed by atoms with van der Waals surface area (Å²) in [5.41, 5.74) is 2.89. The van der Waals surface area contributed by atoms with Crippen molar-refractivity contribution < 1.29 is 9.53 Å². The van der Waals surface area contributed by atoms with Crippen molar-refractivity contribution in [1.29, 1.82) is 0 Å². The van der Waals surface area contributed by atoms with Crippen molar-refractivity contribution >= 4 is 5.91 Å². The van der Waals surface area contributed by atoms with Crippen molar-refractivity contribution in [2.24, 2.45) is 0 Å². The standard InChI is InChI=1S/C16H17N3O2/c1-2-15(20)19-9-12-8-11-4-3-5-13(16(11)21-12)14-10-17-6-7-18-14/h3-7,10,12H,2,8-9H2,1H3,(H,19,20)/t12-/m0/s1. The minimum Gasteiger partial charge on any atom is -0.487 e.